The van der Waals surface area contributed by atoms with Crippen molar-refractivity contribution >= 4 is 17.8 Å². The van der Waals surface area contributed by atoms with Gasteiger partial charge in [0.2, 0.25) is 5.91 Å². The maximum Gasteiger partial charge on any atom is 0.325 e. The molecule has 2 aromatic rings. The van der Waals surface area contributed by atoms with Crippen LogP contribution < -0.4 is 5.32 Å². The zero-order chi connectivity index (χ0) is 24.3. The van der Waals surface area contributed by atoms with Crippen molar-refractivity contribution in [2.45, 2.75) is 64.3 Å². The number of benzene rings is 1. The van der Waals surface area contributed by atoms with Crippen LogP contribution in [0.3, 0.4) is 0 Å². The second-order valence-electron chi connectivity index (χ2n) is 9.03. The molecule has 10 nitrogen and oxygen atoms in total. The first kappa shape index (κ1) is 23.8. The molecule has 34 heavy (non-hydrogen) atoms. The van der Waals surface area contributed by atoms with E-state index < -0.39 is 11.6 Å². The summed E-state index contributed by atoms with van der Waals surface area (Å²) in [4.78, 5) is 44.6. The van der Waals surface area contributed by atoms with E-state index in [9.17, 15) is 18.8 Å². The standard InChI is InChI=1S/C23H28FN5O5/c1-23(2)21(31)29(22(32)26-23)12-10-19(30)28-11-4-3-5-17(28)20-25-18(34-27-20)14-33-13-15-6-8-16(24)9-7-15/h6-9,17H,3-5,10-14H2,1-2H3,(H,26,32). The van der Waals surface area contributed by atoms with Crippen LogP contribution in [-0.2, 0) is 27.5 Å². The van der Waals surface area contributed by atoms with Crippen LogP contribution in [0.4, 0.5) is 9.18 Å². The lowest BCUT2D eigenvalue weighted by atomic mass is 10.0. The van der Waals surface area contributed by atoms with Gasteiger partial charge in [-0.2, -0.15) is 4.98 Å². The van der Waals surface area contributed by atoms with E-state index >= 15 is 0 Å². The van der Waals surface area contributed by atoms with E-state index in [1.807, 2.05) is 0 Å². The molecule has 0 spiro atoms. The summed E-state index contributed by atoms with van der Waals surface area (Å²) in [5, 5.41) is 6.67. The topological polar surface area (TPSA) is 118 Å². The molecule has 1 unspecified atom stereocenters. The number of imide groups is 1. The van der Waals surface area contributed by atoms with Crippen LogP contribution in [0.2, 0.25) is 0 Å². The normalized spacial score (nSPS) is 20.0. The third-order valence-corrected chi connectivity index (χ3v) is 6.01. The van der Waals surface area contributed by atoms with Crippen molar-refractivity contribution in [2.24, 2.45) is 0 Å². The molecule has 1 aromatic heterocycles. The van der Waals surface area contributed by atoms with Crippen molar-refractivity contribution in [2.75, 3.05) is 13.1 Å². The van der Waals surface area contributed by atoms with Crippen LogP contribution in [-0.4, -0.2) is 56.4 Å². The van der Waals surface area contributed by atoms with Gasteiger partial charge in [-0.3, -0.25) is 14.5 Å². The van der Waals surface area contributed by atoms with E-state index in [0.29, 0.717) is 18.8 Å². The molecule has 182 valence electrons. The van der Waals surface area contributed by atoms with E-state index in [4.69, 9.17) is 9.26 Å². The molecule has 2 fully saturated rings. The molecule has 0 saturated carbocycles. The highest BCUT2D eigenvalue weighted by molar-refractivity contribution is 6.06. The number of ether oxygens (including phenoxy) is 1. The minimum atomic E-state index is -0.965. The summed E-state index contributed by atoms with van der Waals surface area (Å²) in [6.45, 7) is 4.18. The van der Waals surface area contributed by atoms with Crippen LogP contribution in [0.25, 0.3) is 0 Å². The summed E-state index contributed by atoms with van der Waals surface area (Å²) in [6.07, 6.45) is 2.49. The highest BCUT2D eigenvalue weighted by Crippen LogP contribution is 2.30. The van der Waals surface area contributed by atoms with Gasteiger partial charge in [-0.15, -0.1) is 0 Å². The molecule has 4 amide bonds. The highest BCUT2D eigenvalue weighted by Gasteiger charge is 2.44. The SMILES string of the molecule is CC1(C)NC(=O)N(CCC(=O)N2CCCCC2c2noc(COCc3ccc(F)cc3)n2)C1=O. The maximum absolute atomic E-state index is 13.0. The van der Waals surface area contributed by atoms with Crippen molar-refractivity contribution in [3.8, 4) is 0 Å². The van der Waals surface area contributed by atoms with Gasteiger partial charge in [0.25, 0.3) is 11.8 Å². The summed E-state index contributed by atoms with van der Waals surface area (Å²) in [6, 6.07) is 5.19. The molecular weight excluding hydrogens is 445 g/mol. The summed E-state index contributed by atoms with van der Waals surface area (Å²) in [7, 11) is 0. The molecule has 11 heteroatoms. The van der Waals surface area contributed by atoms with Crippen LogP contribution in [0, 0.1) is 5.82 Å². The van der Waals surface area contributed by atoms with Crippen molar-refractivity contribution in [1.29, 1.82) is 0 Å². The van der Waals surface area contributed by atoms with Crippen molar-refractivity contribution in [3.63, 3.8) is 0 Å². The molecule has 3 heterocycles. The molecule has 0 radical (unpaired) electrons. The summed E-state index contributed by atoms with van der Waals surface area (Å²) < 4.78 is 23.9. The second kappa shape index (κ2) is 9.88. The molecule has 2 aliphatic heterocycles. The fourth-order valence-corrected chi connectivity index (χ4v) is 4.17. The molecule has 0 bridgehead atoms. The smallest absolute Gasteiger partial charge is 0.325 e. The zero-order valence-corrected chi connectivity index (χ0v) is 19.3. The molecule has 0 aliphatic carbocycles. The fourth-order valence-electron chi connectivity index (χ4n) is 4.17. The lowest BCUT2D eigenvalue weighted by Crippen LogP contribution is -2.42. The molecule has 2 aliphatic rings. The van der Waals surface area contributed by atoms with Gasteiger partial charge in [0, 0.05) is 19.5 Å². The first-order chi connectivity index (χ1) is 16.2. The highest BCUT2D eigenvalue weighted by atomic mass is 19.1. The number of nitrogens with zero attached hydrogens (tertiary/aromatic N) is 4. The molecule has 1 atom stereocenters. The Morgan fingerprint density at radius 3 is 2.71 bits per heavy atom. The Labute approximate surface area is 196 Å². The Kier molecular flexibility index (Phi) is 6.92. The number of urea groups is 1. The quantitative estimate of drug-likeness (QED) is 0.586. The average molecular weight is 474 g/mol. The van der Waals surface area contributed by atoms with Gasteiger partial charge in [0.15, 0.2) is 5.82 Å². The number of piperidine rings is 1. The van der Waals surface area contributed by atoms with Crippen LogP contribution in [0.1, 0.15) is 62.9 Å². The molecule has 4 rings (SSSR count). The molecule has 1 N–H and O–H groups in total. The number of nitrogens with one attached hydrogen (secondary N) is 1. The second-order valence-corrected chi connectivity index (χ2v) is 9.03. The van der Waals surface area contributed by atoms with Gasteiger partial charge in [-0.25, -0.2) is 9.18 Å². The Balaban J connectivity index is 1.33. The maximum atomic E-state index is 13.0. The summed E-state index contributed by atoms with van der Waals surface area (Å²) in [5.74, 6) is -0.130. The fraction of sp³-hybridized carbons (Fsp3) is 0.522. The summed E-state index contributed by atoms with van der Waals surface area (Å²) in [5.41, 5.74) is -0.146. The van der Waals surface area contributed by atoms with E-state index in [0.717, 1.165) is 23.3 Å². The zero-order valence-electron chi connectivity index (χ0n) is 19.3. The van der Waals surface area contributed by atoms with E-state index in [1.165, 1.54) is 12.1 Å². The van der Waals surface area contributed by atoms with Gasteiger partial charge in [-0.1, -0.05) is 17.3 Å². The van der Waals surface area contributed by atoms with Gasteiger partial charge in [0.05, 0.1) is 12.6 Å². The number of likely N-dealkylation sites (tertiary alicyclic amines) is 1. The first-order valence-electron chi connectivity index (χ1n) is 11.3. The van der Waals surface area contributed by atoms with Crippen molar-refractivity contribution < 1.29 is 28.0 Å². The van der Waals surface area contributed by atoms with Crippen molar-refractivity contribution in [3.05, 3.63) is 47.4 Å². The Morgan fingerprint density at radius 1 is 1.24 bits per heavy atom. The van der Waals surface area contributed by atoms with E-state index in [-0.39, 0.29) is 55.7 Å². The average Bonchev–Trinajstić information content (AvgIpc) is 3.35. The number of carbonyl (C=O) groups is 3. The number of hydrogen-bond acceptors (Lipinski definition) is 7. The lowest BCUT2D eigenvalue weighted by Gasteiger charge is -2.34. The van der Waals surface area contributed by atoms with Gasteiger partial charge in [-0.05, 0) is 50.8 Å². The molecular formula is C23H28FN5O5. The first-order valence-corrected chi connectivity index (χ1v) is 11.3. The summed E-state index contributed by atoms with van der Waals surface area (Å²) >= 11 is 0. The van der Waals surface area contributed by atoms with Crippen LogP contribution in [0.5, 0.6) is 0 Å². The molecule has 1 aromatic carbocycles. The van der Waals surface area contributed by atoms with Crippen LogP contribution >= 0.6 is 0 Å². The predicted octanol–water partition coefficient (Wildman–Crippen LogP) is 2.70. The number of hydrogen-bond donors (Lipinski definition) is 1. The molecule has 2 saturated heterocycles. The predicted molar refractivity (Wildman–Crippen MR) is 116 cm³/mol. The van der Waals surface area contributed by atoms with Gasteiger partial charge < -0.3 is 19.5 Å². The third-order valence-electron chi connectivity index (χ3n) is 6.01. The minimum Gasteiger partial charge on any atom is -0.367 e. The van der Waals surface area contributed by atoms with E-state index in [2.05, 4.69) is 15.5 Å². The van der Waals surface area contributed by atoms with E-state index in [1.54, 1.807) is 30.9 Å². The van der Waals surface area contributed by atoms with Gasteiger partial charge in [0.1, 0.15) is 18.0 Å². The lowest BCUT2D eigenvalue weighted by molar-refractivity contribution is -0.136. The minimum absolute atomic E-state index is 0.0187. The van der Waals surface area contributed by atoms with Crippen LogP contribution in [0.15, 0.2) is 28.8 Å². The number of halogens is 1. The Bertz CT molecular complexity index is 1050. The Hall–Kier alpha value is -3.34. The monoisotopic (exact) mass is 473 g/mol. The van der Waals surface area contributed by atoms with Crippen molar-refractivity contribution in [1.82, 2.24) is 25.3 Å². The largest absolute Gasteiger partial charge is 0.367 e. The number of rotatable bonds is 8. The van der Waals surface area contributed by atoms with Gasteiger partial charge >= 0.3 is 6.03 Å². The Morgan fingerprint density at radius 2 is 2.00 bits per heavy atom. The third kappa shape index (κ3) is 5.24. The number of amides is 4. The number of aromatic nitrogens is 2. The number of carbonyl (C=O) groups excluding carboxylic acids is 3.